The lowest BCUT2D eigenvalue weighted by atomic mass is 10.2. The van der Waals surface area contributed by atoms with Crippen LogP contribution in [0, 0.1) is 0 Å². The Morgan fingerprint density at radius 1 is 1.32 bits per heavy atom. The molecule has 1 aliphatic rings. The van der Waals surface area contributed by atoms with E-state index >= 15 is 0 Å². The molecule has 22 heavy (non-hydrogen) atoms. The minimum Gasteiger partial charge on any atom is -0.338 e. The van der Waals surface area contributed by atoms with Crippen molar-refractivity contribution in [2.24, 2.45) is 0 Å². The van der Waals surface area contributed by atoms with Crippen molar-refractivity contribution in [1.29, 1.82) is 0 Å². The number of nitrogens with zero attached hydrogens (tertiary/aromatic N) is 1. The van der Waals surface area contributed by atoms with Gasteiger partial charge in [0.15, 0.2) is 12.6 Å². The molecule has 6 heteroatoms. The summed E-state index contributed by atoms with van der Waals surface area (Å²) in [6.07, 6.45) is 2.17. The van der Waals surface area contributed by atoms with Gasteiger partial charge < -0.3 is 15.1 Å². The van der Waals surface area contributed by atoms with Crippen molar-refractivity contribution in [2.75, 3.05) is 32.0 Å². The molecule has 0 spiro atoms. The van der Waals surface area contributed by atoms with Crippen LogP contribution >= 0.6 is 15.9 Å². The van der Waals surface area contributed by atoms with Gasteiger partial charge in [0.05, 0.1) is 12.7 Å². The zero-order valence-electron chi connectivity index (χ0n) is 13.1. The molecule has 0 radical (unpaired) electrons. The number of hydrogen-bond donors (Lipinski definition) is 2. The minimum absolute atomic E-state index is 0.0922. The van der Waals surface area contributed by atoms with E-state index in [0.717, 1.165) is 41.0 Å². The van der Waals surface area contributed by atoms with E-state index in [1.807, 2.05) is 43.1 Å². The van der Waals surface area contributed by atoms with E-state index in [-0.39, 0.29) is 24.4 Å². The van der Waals surface area contributed by atoms with E-state index in [1.165, 1.54) is 0 Å². The monoisotopic (exact) mass is 368 g/mol. The van der Waals surface area contributed by atoms with Crippen LogP contribution in [0.4, 0.5) is 5.69 Å². The highest BCUT2D eigenvalue weighted by molar-refractivity contribution is 9.10. The van der Waals surface area contributed by atoms with Gasteiger partial charge in [-0.25, -0.2) is 0 Å². The maximum absolute atomic E-state index is 12.3. The Balaban J connectivity index is 1.87. The van der Waals surface area contributed by atoms with Crippen LogP contribution in [0.2, 0.25) is 0 Å². The Morgan fingerprint density at radius 3 is 2.59 bits per heavy atom. The Kier molecular flexibility index (Phi) is 5.97. The zero-order chi connectivity index (χ0) is 16.1. The third kappa shape index (κ3) is 4.30. The number of halogens is 1. The van der Waals surface area contributed by atoms with Crippen LogP contribution in [0.25, 0.3) is 0 Å². The van der Waals surface area contributed by atoms with Crippen LogP contribution in [0.3, 0.4) is 0 Å². The van der Waals surface area contributed by atoms with Crippen molar-refractivity contribution in [3.63, 3.8) is 0 Å². The number of amides is 2. The van der Waals surface area contributed by atoms with Gasteiger partial charge >= 0.3 is 0 Å². The van der Waals surface area contributed by atoms with Gasteiger partial charge in [0.2, 0.25) is 0 Å². The Hall–Kier alpha value is -1.40. The summed E-state index contributed by atoms with van der Waals surface area (Å²) in [6, 6.07) is 7.29. The maximum Gasteiger partial charge on any atom is 0.280 e. The predicted octanol–water partition coefficient (Wildman–Crippen LogP) is 0.913. The summed E-state index contributed by atoms with van der Waals surface area (Å²) < 4.78 is 0.849. The smallest absolute Gasteiger partial charge is 0.280 e. The highest BCUT2D eigenvalue weighted by atomic mass is 79.9. The Bertz CT molecular complexity index is 544. The summed E-state index contributed by atoms with van der Waals surface area (Å²) in [7, 11) is 1.89. The normalized spacial score (nSPS) is 17.1. The average molecular weight is 369 g/mol. The SMILES string of the molecule is C[C@H](C(=O)N1CCCC1)[NH+](C)CC(=O)Nc1ccccc1Br. The standard InChI is InChI=1S/C16H22BrN3O2/c1-12(16(22)20-9-5-6-10-20)19(2)11-15(21)18-14-8-4-3-7-13(14)17/h3-4,7-8,12H,5-6,9-11H2,1-2H3,(H,18,21)/p+1/t12-/m1/s1. The second kappa shape index (κ2) is 7.74. The number of hydrogen-bond acceptors (Lipinski definition) is 2. The van der Waals surface area contributed by atoms with Gasteiger partial charge in [0.25, 0.3) is 11.8 Å². The highest BCUT2D eigenvalue weighted by Gasteiger charge is 2.29. The zero-order valence-corrected chi connectivity index (χ0v) is 14.6. The topological polar surface area (TPSA) is 53.9 Å². The number of carbonyl (C=O) groups is 2. The number of carbonyl (C=O) groups excluding carboxylic acids is 2. The molecular weight excluding hydrogens is 346 g/mol. The molecule has 1 heterocycles. The van der Waals surface area contributed by atoms with Crippen molar-refractivity contribution in [1.82, 2.24) is 4.90 Å². The molecule has 1 unspecified atom stereocenters. The molecule has 0 aliphatic carbocycles. The number of likely N-dealkylation sites (N-methyl/N-ethyl adjacent to an activating group) is 1. The Labute approximate surface area is 139 Å². The molecular formula is C16H23BrN3O2+. The number of anilines is 1. The van der Waals surface area contributed by atoms with Crippen LogP contribution in [0.15, 0.2) is 28.7 Å². The molecule has 1 aromatic carbocycles. The second-order valence-electron chi connectivity index (χ2n) is 5.81. The Morgan fingerprint density at radius 2 is 1.95 bits per heavy atom. The van der Waals surface area contributed by atoms with Gasteiger partial charge in [-0.05, 0) is 47.8 Å². The molecule has 0 aromatic heterocycles. The van der Waals surface area contributed by atoms with Crippen LogP contribution in [-0.2, 0) is 9.59 Å². The fourth-order valence-corrected chi connectivity index (χ4v) is 2.97. The van der Waals surface area contributed by atoms with Crippen molar-refractivity contribution < 1.29 is 14.5 Å². The average Bonchev–Trinajstić information content (AvgIpc) is 3.02. The number of benzene rings is 1. The predicted molar refractivity (Wildman–Crippen MR) is 89.8 cm³/mol. The molecule has 0 bridgehead atoms. The fraction of sp³-hybridized carbons (Fsp3) is 0.500. The van der Waals surface area contributed by atoms with Crippen molar-refractivity contribution in [3.05, 3.63) is 28.7 Å². The van der Waals surface area contributed by atoms with E-state index in [2.05, 4.69) is 21.2 Å². The van der Waals surface area contributed by atoms with Gasteiger partial charge in [0, 0.05) is 17.6 Å². The molecule has 1 aromatic rings. The molecule has 2 N–H and O–H groups in total. The fourth-order valence-electron chi connectivity index (χ4n) is 2.59. The molecule has 2 atom stereocenters. The van der Waals surface area contributed by atoms with Crippen molar-refractivity contribution in [3.8, 4) is 0 Å². The van der Waals surface area contributed by atoms with Gasteiger partial charge in [0.1, 0.15) is 0 Å². The van der Waals surface area contributed by atoms with E-state index in [4.69, 9.17) is 0 Å². The molecule has 120 valence electrons. The van der Waals surface area contributed by atoms with Crippen LogP contribution in [0.1, 0.15) is 19.8 Å². The number of likely N-dealkylation sites (tertiary alicyclic amines) is 1. The molecule has 1 aliphatic heterocycles. The van der Waals surface area contributed by atoms with E-state index in [1.54, 1.807) is 0 Å². The molecule has 2 amide bonds. The quantitative estimate of drug-likeness (QED) is 0.811. The van der Waals surface area contributed by atoms with Crippen LogP contribution < -0.4 is 10.2 Å². The third-order valence-corrected chi connectivity index (χ3v) is 4.81. The largest absolute Gasteiger partial charge is 0.338 e. The lowest BCUT2D eigenvalue weighted by Gasteiger charge is -2.25. The van der Waals surface area contributed by atoms with Crippen LogP contribution in [-0.4, -0.2) is 49.4 Å². The molecule has 1 fully saturated rings. The lowest BCUT2D eigenvalue weighted by molar-refractivity contribution is -0.886. The summed E-state index contributed by atoms with van der Waals surface area (Å²) in [5.74, 6) is 0.0502. The first kappa shape index (κ1) is 17.0. The summed E-state index contributed by atoms with van der Waals surface area (Å²) in [6.45, 7) is 3.85. The molecule has 5 nitrogen and oxygen atoms in total. The first-order valence-corrected chi connectivity index (χ1v) is 8.44. The number of rotatable bonds is 5. The van der Waals surface area contributed by atoms with E-state index < -0.39 is 0 Å². The van der Waals surface area contributed by atoms with Gasteiger partial charge in [-0.1, -0.05) is 12.1 Å². The first-order valence-electron chi connectivity index (χ1n) is 7.64. The second-order valence-corrected chi connectivity index (χ2v) is 6.66. The number of quaternary nitrogens is 1. The van der Waals surface area contributed by atoms with Crippen LogP contribution in [0.5, 0.6) is 0 Å². The van der Waals surface area contributed by atoms with E-state index in [9.17, 15) is 9.59 Å². The first-order chi connectivity index (χ1) is 10.5. The third-order valence-electron chi connectivity index (χ3n) is 4.11. The van der Waals surface area contributed by atoms with Crippen molar-refractivity contribution >= 4 is 33.4 Å². The highest BCUT2D eigenvalue weighted by Crippen LogP contribution is 2.20. The van der Waals surface area contributed by atoms with E-state index in [0.29, 0.717) is 0 Å². The number of nitrogens with one attached hydrogen (secondary N) is 2. The summed E-state index contributed by atoms with van der Waals surface area (Å²) in [5, 5.41) is 2.87. The van der Waals surface area contributed by atoms with Gasteiger partial charge in [-0.15, -0.1) is 0 Å². The van der Waals surface area contributed by atoms with Gasteiger partial charge in [-0.3, -0.25) is 9.59 Å². The van der Waals surface area contributed by atoms with Gasteiger partial charge in [-0.2, -0.15) is 0 Å². The minimum atomic E-state index is -0.205. The maximum atomic E-state index is 12.3. The molecule has 2 rings (SSSR count). The molecule has 0 saturated carbocycles. The summed E-state index contributed by atoms with van der Waals surface area (Å²) in [4.78, 5) is 27.3. The van der Waals surface area contributed by atoms with Crippen molar-refractivity contribution in [2.45, 2.75) is 25.8 Å². The number of para-hydroxylation sites is 1. The lowest BCUT2D eigenvalue weighted by Crippen LogP contribution is -3.15. The molecule has 1 saturated heterocycles. The summed E-state index contributed by atoms with van der Waals surface area (Å²) >= 11 is 3.41. The summed E-state index contributed by atoms with van der Waals surface area (Å²) in [5.41, 5.74) is 0.749.